The Bertz CT molecular complexity index is 1430. The van der Waals surface area contributed by atoms with E-state index >= 15 is 0 Å². The molecule has 5 N–H and O–H groups in total. The van der Waals surface area contributed by atoms with Crippen LogP contribution in [0.3, 0.4) is 0 Å². The SMILES string of the molecule is NC(=O)N(O)c1ccc(-c2nc(-c3ccc(F)cc3)c(-c3ccccc3S(N)(=O)=O)o2)cc1. The quantitative estimate of drug-likeness (QED) is 0.300. The molecule has 4 rings (SSSR count). The molecule has 3 aromatic carbocycles. The molecule has 2 amide bonds. The summed E-state index contributed by atoms with van der Waals surface area (Å²) in [5.74, 6) is -0.220. The zero-order valence-corrected chi connectivity index (χ0v) is 17.7. The molecular formula is C22H17FN4O5S. The van der Waals surface area contributed by atoms with Gasteiger partial charge in [-0.1, -0.05) is 12.1 Å². The minimum absolute atomic E-state index is 0.115. The molecule has 0 fully saturated rings. The highest BCUT2D eigenvalue weighted by Crippen LogP contribution is 2.38. The van der Waals surface area contributed by atoms with E-state index in [1.54, 1.807) is 6.07 Å². The van der Waals surface area contributed by atoms with Crippen LogP contribution in [0.2, 0.25) is 0 Å². The van der Waals surface area contributed by atoms with Crippen LogP contribution < -0.4 is 15.9 Å². The number of primary amides is 1. The summed E-state index contributed by atoms with van der Waals surface area (Å²) < 4.78 is 43.7. The smallest absolute Gasteiger partial charge is 0.343 e. The number of sulfonamides is 1. The second-order valence-electron chi connectivity index (χ2n) is 6.94. The molecule has 0 saturated heterocycles. The highest BCUT2D eigenvalue weighted by Gasteiger charge is 2.24. The predicted octanol–water partition coefficient (Wildman–Crippen LogP) is 3.74. The lowest BCUT2D eigenvalue weighted by Gasteiger charge is -2.11. The van der Waals surface area contributed by atoms with Crippen LogP contribution in [0.1, 0.15) is 0 Å². The van der Waals surface area contributed by atoms with Crippen LogP contribution in [-0.4, -0.2) is 24.6 Å². The van der Waals surface area contributed by atoms with Crippen molar-refractivity contribution >= 4 is 21.7 Å². The fourth-order valence-electron chi connectivity index (χ4n) is 3.20. The number of anilines is 1. The average molecular weight is 468 g/mol. The van der Waals surface area contributed by atoms with Crippen molar-refractivity contribution in [1.82, 2.24) is 4.98 Å². The number of hydrogen-bond acceptors (Lipinski definition) is 6. The van der Waals surface area contributed by atoms with Crippen molar-refractivity contribution in [2.24, 2.45) is 10.9 Å². The number of rotatable bonds is 5. The third-order valence-electron chi connectivity index (χ3n) is 4.75. The van der Waals surface area contributed by atoms with Crippen LogP contribution >= 0.6 is 0 Å². The molecule has 0 unspecified atom stereocenters. The van der Waals surface area contributed by atoms with E-state index in [1.807, 2.05) is 0 Å². The number of benzene rings is 3. The van der Waals surface area contributed by atoms with Gasteiger partial charge in [0.2, 0.25) is 15.9 Å². The number of nitrogens with two attached hydrogens (primary N) is 2. The summed E-state index contributed by atoms with van der Waals surface area (Å²) in [6.07, 6.45) is 0. The molecule has 0 spiro atoms. The second-order valence-corrected chi connectivity index (χ2v) is 8.47. The molecular weight excluding hydrogens is 451 g/mol. The van der Waals surface area contributed by atoms with E-state index in [2.05, 4.69) is 4.98 Å². The maximum absolute atomic E-state index is 13.5. The average Bonchev–Trinajstić information content (AvgIpc) is 3.24. The van der Waals surface area contributed by atoms with Gasteiger partial charge in [0.1, 0.15) is 11.5 Å². The van der Waals surface area contributed by atoms with Crippen LogP contribution in [0, 0.1) is 5.82 Å². The Kier molecular flexibility index (Phi) is 5.68. The number of oxazole rings is 1. The van der Waals surface area contributed by atoms with Gasteiger partial charge in [-0.2, -0.15) is 5.06 Å². The lowest BCUT2D eigenvalue weighted by molar-refractivity contribution is 0.212. The minimum atomic E-state index is -4.09. The maximum Gasteiger partial charge on any atom is 0.343 e. The molecule has 0 radical (unpaired) electrons. The number of nitrogens with zero attached hydrogens (tertiary/aromatic N) is 2. The first-order valence-corrected chi connectivity index (χ1v) is 11.0. The van der Waals surface area contributed by atoms with Gasteiger partial charge in [0.15, 0.2) is 5.76 Å². The van der Waals surface area contributed by atoms with Crippen molar-refractivity contribution in [2.45, 2.75) is 4.90 Å². The molecule has 4 aromatic rings. The van der Waals surface area contributed by atoms with Crippen LogP contribution in [0.5, 0.6) is 0 Å². The molecule has 33 heavy (non-hydrogen) atoms. The Morgan fingerprint density at radius 2 is 1.58 bits per heavy atom. The molecule has 168 valence electrons. The number of hydrogen-bond donors (Lipinski definition) is 3. The molecule has 0 bridgehead atoms. The Morgan fingerprint density at radius 3 is 2.18 bits per heavy atom. The Morgan fingerprint density at radius 1 is 0.970 bits per heavy atom. The van der Waals surface area contributed by atoms with Gasteiger partial charge in [0.05, 0.1) is 10.6 Å². The summed E-state index contributed by atoms with van der Waals surface area (Å²) in [7, 11) is -4.09. The van der Waals surface area contributed by atoms with Crippen LogP contribution in [0.15, 0.2) is 82.1 Å². The third-order valence-corrected chi connectivity index (χ3v) is 5.72. The van der Waals surface area contributed by atoms with Gasteiger partial charge in [-0.3, -0.25) is 5.21 Å². The number of primary sulfonamides is 1. The van der Waals surface area contributed by atoms with E-state index in [0.29, 0.717) is 11.1 Å². The first-order chi connectivity index (χ1) is 15.6. The minimum Gasteiger partial charge on any atom is -0.435 e. The number of carbonyl (C=O) groups excluding carboxylic acids is 1. The normalized spacial score (nSPS) is 11.4. The van der Waals surface area contributed by atoms with Gasteiger partial charge in [0.25, 0.3) is 0 Å². The number of hydroxylamine groups is 1. The van der Waals surface area contributed by atoms with Crippen molar-refractivity contribution in [1.29, 1.82) is 0 Å². The van der Waals surface area contributed by atoms with E-state index in [1.165, 1.54) is 66.7 Å². The predicted molar refractivity (Wildman–Crippen MR) is 118 cm³/mol. The van der Waals surface area contributed by atoms with Crippen molar-refractivity contribution in [2.75, 3.05) is 5.06 Å². The molecule has 1 aromatic heterocycles. The van der Waals surface area contributed by atoms with E-state index in [0.717, 1.165) is 0 Å². The summed E-state index contributed by atoms with van der Waals surface area (Å²) in [5.41, 5.74) is 6.57. The van der Waals surface area contributed by atoms with Crippen molar-refractivity contribution in [3.05, 3.63) is 78.6 Å². The van der Waals surface area contributed by atoms with Gasteiger partial charge in [0, 0.05) is 16.7 Å². The van der Waals surface area contributed by atoms with E-state index in [-0.39, 0.29) is 38.6 Å². The third kappa shape index (κ3) is 4.46. The highest BCUT2D eigenvalue weighted by atomic mass is 32.2. The number of aromatic nitrogens is 1. The summed E-state index contributed by atoms with van der Waals surface area (Å²) in [5, 5.41) is 15.3. The van der Waals surface area contributed by atoms with Crippen LogP contribution in [0.4, 0.5) is 14.9 Å². The maximum atomic E-state index is 13.5. The van der Waals surface area contributed by atoms with Crippen molar-refractivity contribution in [3.8, 4) is 34.0 Å². The molecule has 0 atom stereocenters. The van der Waals surface area contributed by atoms with Crippen molar-refractivity contribution in [3.63, 3.8) is 0 Å². The van der Waals surface area contributed by atoms with E-state index < -0.39 is 21.9 Å². The van der Waals surface area contributed by atoms with Gasteiger partial charge < -0.3 is 10.2 Å². The first-order valence-electron chi connectivity index (χ1n) is 9.43. The van der Waals surface area contributed by atoms with Gasteiger partial charge in [-0.15, -0.1) is 0 Å². The zero-order chi connectivity index (χ0) is 23.8. The monoisotopic (exact) mass is 468 g/mol. The second kappa shape index (κ2) is 8.47. The number of urea groups is 1. The summed E-state index contributed by atoms with van der Waals surface area (Å²) in [6, 6.07) is 16.3. The Labute approximate surface area is 187 Å². The molecule has 0 aliphatic heterocycles. The van der Waals surface area contributed by atoms with Gasteiger partial charge in [-0.25, -0.2) is 27.7 Å². The summed E-state index contributed by atoms with van der Waals surface area (Å²) in [6.45, 7) is 0. The number of halogens is 1. The van der Waals surface area contributed by atoms with Crippen LogP contribution in [-0.2, 0) is 10.0 Å². The fraction of sp³-hybridized carbons (Fsp3) is 0. The van der Waals surface area contributed by atoms with E-state index in [4.69, 9.17) is 15.3 Å². The zero-order valence-electron chi connectivity index (χ0n) is 16.8. The van der Waals surface area contributed by atoms with Crippen LogP contribution in [0.25, 0.3) is 34.0 Å². The standard InChI is InChI=1S/C22H17FN4O5S/c23-15-9-5-13(6-10-15)19-20(17-3-1-2-4-18(17)33(25,30)31)32-21(26-19)14-7-11-16(12-8-14)27(29)22(24)28/h1-12,29H,(H2,24,28)(H2,25,30,31). The van der Waals surface area contributed by atoms with Crippen molar-refractivity contribution < 1.29 is 27.2 Å². The highest BCUT2D eigenvalue weighted by molar-refractivity contribution is 7.89. The molecule has 9 nitrogen and oxygen atoms in total. The summed E-state index contributed by atoms with van der Waals surface area (Å²) in [4.78, 5) is 15.5. The number of carbonyl (C=O) groups is 1. The van der Waals surface area contributed by atoms with Gasteiger partial charge in [-0.05, 0) is 60.7 Å². The largest absolute Gasteiger partial charge is 0.435 e. The lowest BCUT2D eigenvalue weighted by atomic mass is 10.1. The van der Waals surface area contributed by atoms with E-state index in [9.17, 15) is 22.8 Å². The number of amides is 2. The first kappa shape index (κ1) is 22.1. The summed E-state index contributed by atoms with van der Waals surface area (Å²) >= 11 is 0. The molecule has 0 aliphatic rings. The Hall–Kier alpha value is -4.06. The Balaban J connectivity index is 1.89. The molecule has 0 saturated carbocycles. The molecule has 1 heterocycles. The fourth-order valence-corrected chi connectivity index (χ4v) is 3.94. The lowest BCUT2D eigenvalue weighted by Crippen LogP contribution is -2.32. The topological polar surface area (TPSA) is 153 Å². The van der Waals surface area contributed by atoms with Gasteiger partial charge >= 0.3 is 6.03 Å². The molecule has 11 heteroatoms. The molecule has 0 aliphatic carbocycles.